The Morgan fingerprint density at radius 2 is 1.94 bits per heavy atom. The van der Waals surface area contributed by atoms with E-state index in [-0.39, 0.29) is 5.75 Å². The number of nitrogens with zero attached hydrogens (tertiary/aromatic N) is 1. The van der Waals surface area contributed by atoms with Crippen molar-refractivity contribution in [3.05, 3.63) is 28.7 Å². The molecule has 2 aliphatic rings. The Labute approximate surface area is 106 Å². The van der Waals surface area contributed by atoms with Crippen LogP contribution in [0.1, 0.15) is 18.4 Å². The van der Waals surface area contributed by atoms with Gasteiger partial charge in [0.2, 0.25) is 9.84 Å². The summed E-state index contributed by atoms with van der Waals surface area (Å²) in [5.74, 6) is 0.0997. The highest BCUT2D eigenvalue weighted by Gasteiger charge is 2.31. The molecule has 1 fully saturated rings. The second-order valence-electron chi connectivity index (χ2n) is 4.82. The number of sulfone groups is 1. The zero-order chi connectivity index (χ0) is 12.8. The van der Waals surface area contributed by atoms with E-state index in [4.69, 9.17) is 0 Å². The van der Waals surface area contributed by atoms with E-state index in [1.165, 1.54) is 18.2 Å². The Bertz CT molecular complexity index is 613. The molecule has 1 N–H and O–H groups in total. The summed E-state index contributed by atoms with van der Waals surface area (Å²) < 4.78 is 24.6. The predicted molar refractivity (Wildman–Crippen MR) is 68.9 cm³/mol. The van der Waals surface area contributed by atoms with Crippen molar-refractivity contribution in [2.45, 2.75) is 17.7 Å². The van der Waals surface area contributed by atoms with Crippen LogP contribution < -0.4 is 0 Å². The van der Waals surface area contributed by atoms with Crippen LogP contribution in [0.5, 0.6) is 5.75 Å². The van der Waals surface area contributed by atoms with Crippen molar-refractivity contribution in [3.8, 4) is 5.75 Å². The quantitative estimate of drug-likeness (QED) is 0.882. The molecule has 5 heteroatoms. The van der Waals surface area contributed by atoms with E-state index >= 15 is 0 Å². The molecule has 0 saturated carbocycles. The van der Waals surface area contributed by atoms with Gasteiger partial charge in [0.1, 0.15) is 5.75 Å². The minimum Gasteiger partial charge on any atom is -0.508 e. The van der Waals surface area contributed by atoms with Gasteiger partial charge < -0.3 is 5.11 Å². The summed E-state index contributed by atoms with van der Waals surface area (Å²) in [6.07, 6.45) is 3.96. The number of benzene rings is 1. The minimum absolute atomic E-state index is 0.0997. The SMILES string of the molecule is O=S1(=O)C(CN2CCCC2)=Cc2cc(O)ccc21. The van der Waals surface area contributed by atoms with Gasteiger partial charge in [0, 0.05) is 6.54 Å². The standard InChI is InChI=1S/C13H15NO3S/c15-11-3-4-13-10(7-11)8-12(18(13,16)17)9-14-5-1-2-6-14/h3-4,7-8,15H,1-2,5-6,9H2. The van der Waals surface area contributed by atoms with E-state index in [0.717, 1.165) is 25.9 Å². The molecule has 18 heavy (non-hydrogen) atoms. The highest BCUT2D eigenvalue weighted by molar-refractivity contribution is 7.95. The maximum Gasteiger partial charge on any atom is 0.204 e. The van der Waals surface area contributed by atoms with E-state index in [9.17, 15) is 13.5 Å². The maximum absolute atomic E-state index is 12.3. The molecule has 2 heterocycles. The lowest BCUT2D eigenvalue weighted by atomic mass is 10.2. The van der Waals surface area contributed by atoms with E-state index in [0.29, 0.717) is 21.9 Å². The van der Waals surface area contributed by atoms with Crippen molar-refractivity contribution in [1.29, 1.82) is 0 Å². The summed E-state index contributed by atoms with van der Waals surface area (Å²) >= 11 is 0. The van der Waals surface area contributed by atoms with Gasteiger partial charge in [-0.15, -0.1) is 0 Å². The van der Waals surface area contributed by atoms with E-state index in [2.05, 4.69) is 4.90 Å². The zero-order valence-electron chi connectivity index (χ0n) is 9.96. The lowest BCUT2D eigenvalue weighted by Crippen LogP contribution is -2.23. The lowest BCUT2D eigenvalue weighted by Gasteiger charge is -2.14. The molecule has 1 aromatic carbocycles. The molecule has 0 spiro atoms. The minimum atomic E-state index is -3.34. The van der Waals surface area contributed by atoms with Crippen molar-refractivity contribution in [1.82, 2.24) is 4.90 Å². The molecule has 1 aromatic rings. The van der Waals surface area contributed by atoms with Gasteiger partial charge in [-0.3, -0.25) is 4.90 Å². The van der Waals surface area contributed by atoms with Crippen molar-refractivity contribution in [2.24, 2.45) is 0 Å². The van der Waals surface area contributed by atoms with Gasteiger partial charge in [0.05, 0.1) is 9.80 Å². The number of rotatable bonds is 2. The molecule has 0 amide bonds. The van der Waals surface area contributed by atoms with Crippen LogP contribution in [-0.4, -0.2) is 38.1 Å². The Balaban J connectivity index is 1.95. The Kier molecular flexibility index (Phi) is 2.68. The molecular weight excluding hydrogens is 250 g/mol. The Hall–Kier alpha value is -1.33. The Morgan fingerprint density at radius 1 is 1.22 bits per heavy atom. The fraction of sp³-hybridized carbons (Fsp3) is 0.385. The van der Waals surface area contributed by atoms with Crippen LogP contribution in [0.4, 0.5) is 0 Å². The van der Waals surface area contributed by atoms with Gasteiger partial charge in [0.15, 0.2) is 0 Å². The lowest BCUT2D eigenvalue weighted by molar-refractivity contribution is 0.374. The van der Waals surface area contributed by atoms with Crippen molar-refractivity contribution in [2.75, 3.05) is 19.6 Å². The first-order valence-corrected chi connectivity index (χ1v) is 7.57. The molecule has 0 aromatic heterocycles. The zero-order valence-corrected chi connectivity index (χ0v) is 10.8. The number of hydrogen-bond acceptors (Lipinski definition) is 4. The van der Waals surface area contributed by atoms with Crippen molar-refractivity contribution >= 4 is 15.9 Å². The summed E-state index contributed by atoms with van der Waals surface area (Å²) in [6.45, 7) is 2.42. The summed E-state index contributed by atoms with van der Waals surface area (Å²) in [7, 11) is -3.34. The van der Waals surface area contributed by atoms with E-state index < -0.39 is 9.84 Å². The smallest absolute Gasteiger partial charge is 0.204 e. The second-order valence-corrected chi connectivity index (χ2v) is 6.79. The van der Waals surface area contributed by atoms with Crippen LogP contribution in [0.25, 0.3) is 6.08 Å². The first kappa shape index (κ1) is 11.7. The first-order valence-electron chi connectivity index (χ1n) is 6.08. The van der Waals surface area contributed by atoms with Gasteiger partial charge in [-0.05, 0) is 55.8 Å². The van der Waals surface area contributed by atoms with Gasteiger partial charge in [-0.2, -0.15) is 0 Å². The maximum atomic E-state index is 12.3. The number of aromatic hydroxyl groups is 1. The topological polar surface area (TPSA) is 57.6 Å². The second kappa shape index (κ2) is 4.10. The molecule has 0 bridgehead atoms. The van der Waals surface area contributed by atoms with Crippen LogP contribution in [-0.2, 0) is 9.84 Å². The Morgan fingerprint density at radius 3 is 2.67 bits per heavy atom. The number of likely N-dealkylation sites (tertiary alicyclic amines) is 1. The third-order valence-electron chi connectivity index (χ3n) is 3.52. The molecule has 2 aliphatic heterocycles. The summed E-state index contributed by atoms with van der Waals surface area (Å²) in [5.41, 5.74) is 0.601. The van der Waals surface area contributed by atoms with Gasteiger partial charge in [-0.25, -0.2) is 8.42 Å². The highest BCUT2D eigenvalue weighted by Crippen LogP contribution is 2.35. The average molecular weight is 265 g/mol. The molecule has 0 aliphatic carbocycles. The highest BCUT2D eigenvalue weighted by atomic mass is 32.2. The summed E-state index contributed by atoms with van der Waals surface area (Å²) in [4.78, 5) is 2.93. The van der Waals surface area contributed by atoms with Crippen LogP contribution in [0, 0.1) is 0 Å². The molecule has 1 saturated heterocycles. The van der Waals surface area contributed by atoms with Gasteiger partial charge >= 0.3 is 0 Å². The molecule has 3 rings (SSSR count). The number of hydrogen-bond donors (Lipinski definition) is 1. The normalized spacial score (nSPS) is 21.9. The first-order chi connectivity index (χ1) is 8.57. The van der Waals surface area contributed by atoms with E-state index in [1.54, 1.807) is 6.08 Å². The predicted octanol–water partition coefficient (Wildman–Crippen LogP) is 1.62. The molecular formula is C13H15NO3S. The monoisotopic (exact) mass is 265 g/mol. The number of phenolic OH excluding ortho intramolecular Hbond substituents is 1. The van der Waals surface area contributed by atoms with Gasteiger partial charge in [0.25, 0.3) is 0 Å². The fourth-order valence-corrected chi connectivity index (χ4v) is 4.17. The average Bonchev–Trinajstić information content (AvgIpc) is 2.87. The molecule has 0 unspecified atom stereocenters. The molecule has 4 nitrogen and oxygen atoms in total. The van der Waals surface area contributed by atoms with Crippen LogP contribution >= 0.6 is 0 Å². The molecule has 96 valence electrons. The van der Waals surface area contributed by atoms with Gasteiger partial charge in [-0.1, -0.05) is 0 Å². The van der Waals surface area contributed by atoms with Crippen LogP contribution in [0.3, 0.4) is 0 Å². The largest absolute Gasteiger partial charge is 0.508 e. The molecule has 0 atom stereocenters. The van der Waals surface area contributed by atoms with Crippen LogP contribution in [0.2, 0.25) is 0 Å². The number of fused-ring (bicyclic) bond motifs is 1. The third kappa shape index (κ3) is 1.83. The number of phenols is 1. The third-order valence-corrected chi connectivity index (χ3v) is 5.41. The van der Waals surface area contributed by atoms with Crippen molar-refractivity contribution < 1.29 is 13.5 Å². The summed E-state index contributed by atoms with van der Waals surface area (Å²) in [5, 5.41) is 9.40. The van der Waals surface area contributed by atoms with Crippen LogP contribution in [0.15, 0.2) is 28.0 Å². The van der Waals surface area contributed by atoms with Crippen molar-refractivity contribution in [3.63, 3.8) is 0 Å². The van der Waals surface area contributed by atoms with E-state index in [1.807, 2.05) is 0 Å². The fourth-order valence-electron chi connectivity index (χ4n) is 2.58. The summed E-state index contributed by atoms with van der Waals surface area (Å²) in [6, 6.07) is 4.40. The molecule has 0 radical (unpaired) electrons.